The highest BCUT2D eigenvalue weighted by molar-refractivity contribution is 5.99. The Morgan fingerprint density at radius 2 is 1.60 bits per heavy atom. The number of ether oxygens (including phenoxy) is 2. The first kappa shape index (κ1) is 22.6. The number of methoxy groups -OCH3 is 2. The van der Waals surface area contributed by atoms with Gasteiger partial charge in [0.25, 0.3) is 5.91 Å². The normalized spacial score (nSPS) is 14.9. The van der Waals surface area contributed by atoms with Crippen LogP contribution in [-0.2, 0) is 6.42 Å². The molecule has 2 heterocycles. The van der Waals surface area contributed by atoms with Gasteiger partial charge in [-0.15, -0.1) is 0 Å². The molecule has 0 radical (unpaired) electrons. The largest absolute Gasteiger partial charge is 0.493 e. The third-order valence-corrected chi connectivity index (χ3v) is 6.20. The van der Waals surface area contributed by atoms with Gasteiger partial charge in [0.15, 0.2) is 16.9 Å². The van der Waals surface area contributed by atoms with Crippen LogP contribution >= 0.6 is 0 Å². The average molecular weight is 477 g/mol. The van der Waals surface area contributed by atoms with Crippen molar-refractivity contribution in [1.82, 2.24) is 4.90 Å². The maximum atomic E-state index is 13.9. The van der Waals surface area contributed by atoms with Gasteiger partial charge in [-0.1, -0.05) is 18.2 Å². The van der Waals surface area contributed by atoms with E-state index in [1.54, 1.807) is 13.2 Å². The lowest BCUT2D eigenvalue weighted by molar-refractivity contribution is 0.0730. The number of hydrogen-bond donors (Lipinski definition) is 0. The maximum Gasteiger partial charge on any atom is 0.290 e. The van der Waals surface area contributed by atoms with E-state index in [4.69, 9.17) is 13.9 Å². The van der Waals surface area contributed by atoms with Gasteiger partial charge in [-0.25, -0.2) is 8.78 Å². The van der Waals surface area contributed by atoms with E-state index < -0.39 is 29.0 Å². The molecular weight excluding hydrogens is 456 g/mol. The number of carbonyl (C=O) groups excluding carboxylic acids is 1. The third-order valence-electron chi connectivity index (χ3n) is 6.20. The number of fused-ring (bicyclic) bond motifs is 2. The van der Waals surface area contributed by atoms with Crippen molar-refractivity contribution in [3.63, 3.8) is 0 Å². The van der Waals surface area contributed by atoms with E-state index in [-0.39, 0.29) is 28.8 Å². The molecule has 1 aliphatic rings. The van der Waals surface area contributed by atoms with Crippen LogP contribution in [0.3, 0.4) is 0 Å². The minimum absolute atomic E-state index is 0.0467. The minimum Gasteiger partial charge on any atom is -0.493 e. The first-order valence-electron chi connectivity index (χ1n) is 10.9. The van der Waals surface area contributed by atoms with Crippen LogP contribution in [0.25, 0.3) is 11.0 Å². The Bertz CT molecular complexity index is 1500. The van der Waals surface area contributed by atoms with E-state index in [2.05, 4.69) is 0 Å². The number of hydrogen-bond acceptors (Lipinski definition) is 5. The van der Waals surface area contributed by atoms with Gasteiger partial charge in [0.05, 0.1) is 31.2 Å². The van der Waals surface area contributed by atoms with Gasteiger partial charge in [-0.3, -0.25) is 9.59 Å². The SMILES string of the molecule is COc1ccc(CCN2C(=O)c3oc4ccc(F)cc4c(=O)c3[C@@H]2c2ccc(F)cc2)cc1OC. The standard InChI is InChI=1S/C27H21F2NO5/c1-33-21-9-3-15(13-22(21)34-2)11-12-30-24(16-4-6-17(28)7-5-16)23-25(31)19-14-18(29)8-10-20(19)35-26(23)27(30)32/h3-10,13-14,24H,11-12H2,1-2H3/t24-/m0/s1. The quantitative estimate of drug-likeness (QED) is 0.396. The molecule has 4 aromatic rings. The molecule has 0 aliphatic carbocycles. The van der Waals surface area contributed by atoms with Crippen LogP contribution in [0.5, 0.6) is 11.5 Å². The highest BCUT2D eigenvalue weighted by atomic mass is 19.1. The summed E-state index contributed by atoms with van der Waals surface area (Å²) >= 11 is 0. The molecule has 0 bridgehead atoms. The van der Waals surface area contributed by atoms with Gasteiger partial charge in [-0.2, -0.15) is 0 Å². The van der Waals surface area contributed by atoms with Crippen molar-refractivity contribution in [2.24, 2.45) is 0 Å². The summed E-state index contributed by atoms with van der Waals surface area (Å²) in [5, 5.41) is 0.0467. The topological polar surface area (TPSA) is 69.0 Å². The second-order valence-electron chi connectivity index (χ2n) is 8.21. The molecule has 3 aromatic carbocycles. The fourth-order valence-electron chi connectivity index (χ4n) is 4.50. The minimum atomic E-state index is -0.804. The molecular formula is C27H21F2NO5. The zero-order chi connectivity index (χ0) is 24.7. The van der Waals surface area contributed by atoms with Crippen molar-refractivity contribution >= 4 is 16.9 Å². The van der Waals surface area contributed by atoms with Crippen LogP contribution in [0.1, 0.15) is 33.3 Å². The van der Waals surface area contributed by atoms with E-state index in [9.17, 15) is 18.4 Å². The second-order valence-corrected chi connectivity index (χ2v) is 8.21. The predicted octanol–water partition coefficient (Wildman–Crippen LogP) is 4.88. The van der Waals surface area contributed by atoms with Crippen molar-refractivity contribution in [2.75, 3.05) is 20.8 Å². The number of amides is 1. The van der Waals surface area contributed by atoms with Gasteiger partial charge in [0.1, 0.15) is 17.2 Å². The molecule has 0 N–H and O–H groups in total. The maximum absolute atomic E-state index is 13.9. The summed E-state index contributed by atoms with van der Waals surface area (Å²) < 4.78 is 44.0. The summed E-state index contributed by atoms with van der Waals surface area (Å²) in [7, 11) is 3.09. The molecule has 8 heteroatoms. The van der Waals surface area contributed by atoms with Gasteiger partial charge < -0.3 is 18.8 Å². The van der Waals surface area contributed by atoms with Crippen molar-refractivity contribution in [2.45, 2.75) is 12.5 Å². The molecule has 0 fully saturated rings. The molecule has 0 saturated carbocycles. The molecule has 178 valence electrons. The van der Waals surface area contributed by atoms with E-state index >= 15 is 0 Å². The summed E-state index contributed by atoms with van der Waals surface area (Å²) in [4.78, 5) is 28.4. The fraction of sp³-hybridized carbons (Fsp3) is 0.185. The van der Waals surface area contributed by atoms with Crippen LogP contribution < -0.4 is 14.9 Å². The van der Waals surface area contributed by atoms with E-state index in [1.807, 2.05) is 12.1 Å². The number of carbonyl (C=O) groups is 1. The van der Waals surface area contributed by atoms with E-state index in [1.165, 1.54) is 48.4 Å². The molecule has 1 aliphatic heterocycles. The lowest BCUT2D eigenvalue weighted by Crippen LogP contribution is -2.31. The van der Waals surface area contributed by atoms with E-state index in [0.717, 1.165) is 11.6 Å². The van der Waals surface area contributed by atoms with Crippen molar-refractivity contribution in [1.29, 1.82) is 0 Å². The lowest BCUT2D eigenvalue weighted by Gasteiger charge is -2.25. The summed E-state index contributed by atoms with van der Waals surface area (Å²) in [6.07, 6.45) is 0.445. The summed E-state index contributed by atoms with van der Waals surface area (Å²) in [5.41, 5.74) is 1.19. The van der Waals surface area contributed by atoms with Gasteiger partial charge in [0, 0.05) is 6.54 Å². The Kier molecular flexibility index (Phi) is 5.72. The lowest BCUT2D eigenvalue weighted by atomic mass is 9.98. The summed E-state index contributed by atoms with van der Waals surface area (Å²) in [5.74, 6) is -0.436. The molecule has 1 atom stereocenters. The molecule has 5 rings (SSSR count). The Hall–Kier alpha value is -4.20. The first-order valence-corrected chi connectivity index (χ1v) is 10.9. The highest BCUT2D eigenvalue weighted by Gasteiger charge is 2.42. The molecule has 0 saturated heterocycles. The Morgan fingerprint density at radius 3 is 2.31 bits per heavy atom. The van der Waals surface area contributed by atoms with Gasteiger partial charge in [-0.05, 0) is 60.0 Å². The Labute approximate surface area is 199 Å². The van der Waals surface area contributed by atoms with Crippen molar-refractivity contribution < 1.29 is 27.5 Å². The van der Waals surface area contributed by atoms with Crippen LogP contribution in [-0.4, -0.2) is 31.6 Å². The number of halogens is 2. The molecule has 1 amide bonds. The van der Waals surface area contributed by atoms with Crippen molar-refractivity contribution in [3.05, 3.63) is 105 Å². The Balaban J connectivity index is 1.58. The predicted molar refractivity (Wildman–Crippen MR) is 125 cm³/mol. The summed E-state index contributed by atoms with van der Waals surface area (Å²) in [6.45, 7) is 0.241. The summed E-state index contributed by atoms with van der Waals surface area (Å²) in [6, 6.07) is 13.9. The van der Waals surface area contributed by atoms with Gasteiger partial charge in [0.2, 0.25) is 5.76 Å². The molecule has 0 unspecified atom stereocenters. The average Bonchev–Trinajstić information content (AvgIpc) is 3.15. The number of rotatable bonds is 6. The van der Waals surface area contributed by atoms with Crippen LogP contribution in [0.2, 0.25) is 0 Å². The third kappa shape index (κ3) is 3.90. The molecule has 6 nitrogen and oxygen atoms in total. The highest BCUT2D eigenvalue weighted by Crippen LogP contribution is 2.38. The first-order chi connectivity index (χ1) is 16.9. The van der Waals surface area contributed by atoms with Crippen LogP contribution in [0.15, 0.2) is 69.9 Å². The second kappa shape index (κ2) is 8.87. The zero-order valence-corrected chi connectivity index (χ0v) is 19.0. The van der Waals surface area contributed by atoms with Crippen molar-refractivity contribution in [3.8, 4) is 11.5 Å². The fourth-order valence-corrected chi connectivity index (χ4v) is 4.50. The number of benzene rings is 3. The van der Waals surface area contributed by atoms with E-state index in [0.29, 0.717) is 23.5 Å². The zero-order valence-electron chi connectivity index (χ0n) is 19.0. The monoisotopic (exact) mass is 477 g/mol. The number of nitrogens with zero attached hydrogens (tertiary/aromatic N) is 1. The molecule has 35 heavy (non-hydrogen) atoms. The smallest absolute Gasteiger partial charge is 0.290 e. The van der Waals surface area contributed by atoms with Crippen LogP contribution in [0.4, 0.5) is 8.78 Å². The Morgan fingerprint density at radius 1 is 0.886 bits per heavy atom. The molecule has 0 spiro atoms. The van der Waals surface area contributed by atoms with Crippen LogP contribution in [0, 0.1) is 11.6 Å². The molecule has 1 aromatic heterocycles. The van der Waals surface area contributed by atoms with Gasteiger partial charge >= 0.3 is 0 Å².